The number of hydrogen-bond acceptors (Lipinski definition) is 4. The second kappa shape index (κ2) is 12.3. The number of benzene rings is 1. The molecule has 2 aliphatic rings. The minimum absolute atomic E-state index is 0. The normalized spacial score (nSPS) is 19.1. The highest BCUT2D eigenvalue weighted by Gasteiger charge is 2.24. The van der Waals surface area contributed by atoms with Crippen molar-refractivity contribution in [3.8, 4) is 0 Å². The zero-order chi connectivity index (χ0) is 19.2. The number of ether oxygens (including phenoxy) is 1. The molecule has 2 saturated heterocycles. The smallest absolute Gasteiger partial charge is 0.253 e. The summed E-state index contributed by atoms with van der Waals surface area (Å²) in [6.07, 6.45) is 7.95. The van der Waals surface area contributed by atoms with Gasteiger partial charge >= 0.3 is 0 Å². The molecule has 1 aromatic carbocycles. The minimum Gasteiger partial charge on any atom is -0.373 e. The third-order valence-electron chi connectivity index (χ3n) is 5.83. The number of aromatic nitrogens is 1. The first-order valence-electron chi connectivity index (χ1n) is 10.4. The molecule has 1 aromatic heterocycles. The highest BCUT2D eigenvalue weighted by atomic mass is 35.5. The molecule has 4 rings (SSSR count). The zero-order valence-corrected chi connectivity index (χ0v) is 18.8. The van der Waals surface area contributed by atoms with Crippen LogP contribution in [0.1, 0.15) is 40.7 Å². The van der Waals surface area contributed by atoms with Crippen LogP contribution in [0.3, 0.4) is 0 Å². The first-order valence-corrected chi connectivity index (χ1v) is 10.4. The second-order valence-electron chi connectivity index (χ2n) is 7.92. The first-order chi connectivity index (χ1) is 13.8. The molecular formula is C23H31Cl2N3O2. The van der Waals surface area contributed by atoms with Gasteiger partial charge in [-0.05, 0) is 74.0 Å². The van der Waals surface area contributed by atoms with Gasteiger partial charge in [0, 0.05) is 31.0 Å². The number of carbonyl (C=O) groups is 1. The number of carbonyl (C=O) groups excluding carboxylic acids is 1. The predicted molar refractivity (Wildman–Crippen MR) is 124 cm³/mol. The fourth-order valence-electron chi connectivity index (χ4n) is 4.11. The Balaban J connectivity index is 0.00000160. The van der Waals surface area contributed by atoms with Crippen LogP contribution in [0.25, 0.3) is 0 Å². The van der Waals surface area contributed by atoms with E-state index in [-0.39, 0.29) is 36.8 Å². The molecule has 0 bridgehead atoms. The van der Waals surface area contributed by atoms with E-state index in [2.05, 4.69) is 22.4 Å². The van der Waals surface area contributed by atoms with Crippen molar-refractivity contribution in [1.29, 1.82) is 0 Å². The van der Waals surface area contributed by atoms with Gasteiger partial charge in [-0.15, -0.1) is 24.8 Å². The van der Waals surface area contributed by atoms with E-state index < -0.39 is 0 Å². The second-order valence-corrected chi connectivity index (χ2v) is 7.92. The molecule has 3 heterocycles. The van der Waals surface area contributed by atoms with Crippen LogP contribution >= 0.6 is 24.8 Å². The van der Waals surface area contributed by atoms with E-state index in [4.69, 9.17) is 4.74 Å². The molecule has 1 amide bonds. The minimum atomic E-state index is 0. The van der Waals surface area contributed by atoms with Crippen molar-refractivity contribution < 1.29 is 9.53 Å². The standard InChI is InChI=1S/C23H29N3O2.2ClH/c27-23(21-5-3-18(4-6-21)14-19-7-11-25-15-19)26-12-8-22(9-13-26)28-17-20-2-1-10-24-16-20;;/h1-6,10,16,19,22,25H,7-9,11-15,17H2;2*1H. The molecular weight excluding hydrogens is 421 g/mol. The van der Waals surface area contributed by atoms with E-state index in [0.29, 0.717) is 6.61 Å². The van der Waals surface area contributed by atoms with Crippen molar-refractivity contribution in [2.45, 2.75) is 38.4 Å². The lowest BCUT2D eigenvalue weighted by Crippen LogP contribution is -2.40. The van der Waals surface area contributed by atoms with E-state index in [1.807, 2.05) is 35.4 Å². The number of likely N-dealkylation sites (tertiary alicyclic amines) is 1. The summed E-state index contributed by atoms with van der Waals surface area (Å²) < 4.78 is 6.00. The fourth-order valence-corrected chi connectivity index (χ4v) is 4.11. The Labute approximate surface area is 191 Å². The Hall–Kier alpha value is -1.66. The molecule has 1 N–H and O–H groups in total. The van der Waals surface area contributed by atoms with Crippen molar-refractivity contribution in [3.63, 3.8) is 0 Å². The van der Waals surface area contributed by atoms with Gasteiger partial charge in [-0.1, -0.05) is 18.2 Å². The first kappa shape index (κ1) is 24.6. The number of piperidine rings is 1. The van der Waals surface area contributed by atoms with Crippen LogP contribution < -0.4 is 5.32 Å². The monoisotopic (exact) mass is 451 g/mol. The van der Waals surface area contributed by atoms with Crippen molar-refractivity contribution in [2.24, 2.45) is 5.92 Å². The summed E-state index contributed by atoms with van der Waals surface area (Å²) in [7, 11) is 0. The lowest BCUT2D eigenvalue weighted by atomic mass is 9.97. The molecule has 2 aromatic rings. The number of halogens is 2. The average molecular weight is 452 g/mol. The Bertz CT molecular complexity index is 760. The molecule has 0 saturated carbocycles. The number of amides is 1. The lowest BCUT2D eigenvalue weighted by Gasteiger charge is -2.32. The Morgan fingerprint density at radius 1 is 1.07 bits per heavy atom. The maximum Gasteiger partial charge on any atom is 0.253 e. The van der Waals surface area contributed by atoms with Gasteiger partial charge < -0.3 is 15.0 Å². The molecule has 0 radical (unpaired) electrons. The Kier molecular flexibility index (Phi) is 10.1. The van der Waals surface area contributed by atoms with Crippen LogP contribution in [0, 0.1) is 5.92 Å². The lowest BCUT2D eigenvalue weighted by molar-refractivity contribution is -0.000468. The highest BCUT2D eigenvalue weighted by molar-refractivity contribution is 5.94. The van der Waals surface area contributed by atoms with E-state index in [1.165, 1.54) is 12.0 Å². The molecule has 2 aliphatic heterocycles. The van der Waals surface area contributed by atoms with Gasteiger partial charge in [-0.3, -0.25) is 9.78 Å². The van der Waals surface area contributed by atoms with E-state index in [0.717, 1.165) is 62.5 Å². The number of hydrogen-bond donors (Lipinski definition) is 1. The maximum atomic E-state index is 12.8. The molecule has 5 nitrogen and oxygen atoms in total. The summed E-state index contributed by atoms with van der Waals surface area (Å²) in [5.74, 6) is 0.868. The third-order valence-corrected chi connectivity index (χ3v) is 5.83. The fraction of sp³-hybridized carbons (Fsp3) is 0.478. The number of nitrogens with zero attached hydrogens (tertiary/aromatic N) is 2. The molecule has 0 aliphatic carbocycles. The van der Waals surface area contributed by atoms with E-state index >= 15 is 0 Å². The quantitative estimate of drug-likeness (QED) is 0.723. The zero-order valence-electron chi connectivity index (χ0n) is 17.2. The van der Waals surface area contributed by atoms with Gasteiger partial charge in [0.05, 0.1) is 12.7 Å². The molecule has 7 heteroatoms. The summed E-state index contributed by atoms with van der Waals surface area (Å²) in [6.45, 7) is 4.34. The molecule has 30 heavy (non-hydrogen) atoms. The van der Waals surface area contributed by atoms with Gasteiger partial charge in [-0.2, -0.15) is 0 Å². The Morgan fingerprint density at radius 3 is 2.47 bits per heavy atom. The average Bonchev–Trinajstić information content (AvgIpc) is 3.26. The van der Waals surface area contributed by atoms with Crippen molar-refractivity contribution in [1.82, 2.24) is 15.2 Å². The van der Waals surface area contributed by atoms with Gasteiger partial charge in [-0.25, -0.2) is 0 Å². The SMILES string of the molecule is Cl.Cl.O=C(c1ccc(CC2CCNC2)cc1)N1CCC(OCc2cccnc2)CC1. The number of rotatable bonds is 6. The summed E-state index contributed by atoms with van der Waals surface area (Å²) in [6, 6.07) is 12.2. The van der Waals surface area contributed by atoms with E-state index in [9.17, 15) is 4.79 Å². The van der Waals surface area contributed by atoms with Crippen LogP contribution in [0.15, 0.2) is 48.8 Å². The largest absolute Gasteiger partial charge is 0.373 e. The summed E-state index contributed by atoms with van der Waals surface area (Å²) >= 11 is 0. The summed E-state index contributed by atoms with van der Waals surface area (Å²) in [5, 5.41) is 3.41. The maximum absolute atomic E-state index is 12.8. The van der Waals surface area contributed by atoms with Gasteiger partial charge in [0.2, 0.25) is 0 Å². The van der Waals surface area contributed by atoms with Crippen molar-refractivity contribution >= 4 is 30.7 Å². The number of nitrogens with one attached hydrogen (secondary N) is 1. The van der Waals surface area contributed by atoms with Crippen molar-refractivity contribution in [3.05, 3.63) is 65.5 Å². The molecule has 1 unspecified atom stereocenters. The summed E-state index contributed by atoms with van der Waals surface area (Å²) in [5.41, 5.74) is 3.21. The summed E-state index contributed by atoms with van der Waals surface area (Å²) in [4.78, 5) is 18.9. The van der Waals surface area contributed by atoms with Gasteiger partial charge in [0.1, 0.15) is 0 Å². The number of pyridine rings is 1. The van der Waals surface area contributed by atoms with Crippen LogP contribution in [0.5, 0.6) is 0 Å². The third kappa shape index (κ3) is 6.67. The highest BCUT2D eigenvalue weighted by Crippen LogP contribution is 2.19. The topological polar surface area (TPSA) is 54.5 Å². The molecule has 1 atom stereocenters. The van der Waals surface area contributed by atoms with Crippen LogP contribution in [-0.2, 0) is 17.8 Å². The van der Waals surface area contributed by atoms with Crippen molar-refractivity contribution in [2.75, 3.05) is 26.2 Å². The molecule has 164 valence electrons. The Morgan fingerprint density at radius 2 is 1.83 bits per heavy atom. The van der Waals surface area contributed by atoms with E-state index in [1.54, 1.807) is 6.20 Å². The molecule has 0 spiro atoms. The van der Waals surface area contributed by atoms with Crippen LogP contribution in [0.2, 0.25) is 0 Å². The van der Waals surface area contributed by atoms with Crippen LogP contribution in [0.4, 0.5) is 0 Å². The van der Waals surface area contributed by atoms with Gasteiger partial charge in [0.25, 0.3) is 5.91 Å². The van der Waals surface area contributed by atoms with Crippen LogP contribution in [-0.4, -0.2) is 48.1 Å². The predicted octanol–water partition coefficient (Wildman–Crippen LogP) is 3.90. The molecule has 2 fully saturated rings. The van der Waals surface area contributed by atoms with Gasteiger partial charge in [0.15, 0.2) is 0 Å².